The third kappa shape index (κ3) is 4.54. The standard InChI is InChI=1S/C22H22N4O5S/c1-29-16-8-13(9-17(11-16)30-2)20(28)23-22-25-24-21(31-22)14-10-19(27)26(12-14)15-4-6-18(32-3)7-5-15/h4-9,11,14H,10,12H2,1-3H3,(H,23,25,28)/t14-/m0/s1. The normalized spacial score (nSPS) is 15.7. The Morgan fingerprint density at radius 2 is 1.81 bits per heavy atom. The van der Waals surface area contributed by atoms with E-state index >= 15 is 0 Å². The number of nitrogens with zero attached hydrogens (tertiary/aromatic N) is 3. The summed E-state index contributed by atoms with van der Waals surface area (Å²) in [4.78, 5) is 28.0. The SMILES string of the molecule is COc1cc(OC)cc(C(=O)Nc2nnc([C@H]3CC(=O)N(c4ccc(SC)cc4)C3)o2)c1. The van der Waals surface area contributed by atoms with Crippen molar-refractivity contribution in [2.75, 3.05) is 37.2 Å². The average Bonchev–Trinajstić information content (AvgIpc) is 3.45. The lowest BCUT2D eigenvalue weighted by Gasteiger charge is -2.16. The van der Waals surface area contributed by atoms with Crippen LogP contribution in [0.15, 0.2) is 51.8 Å². The number of nitrogens with one attached hydrogen (secondary N) is 1. The first-order valence-electron chi connectivity index (χ1n) is 9.83. The molecular formula is C22H22N4O5S. The molecule has 10 heteroatoms. The number of aromatic nitrogens is 2. The van der Waals surface area contributed by atoms with Gasteiger partial charge in [-0.1, -0.05) is 5.10 Å². The van der Waals surface area contributed by atoms with E-state index in [1.54, 1.807) is 34.9 Å². The van der Waals surface area contributed by atoms with E-state index in [2.05, 4.69) is 15.5 Å². The highest BCUT2D eigenvalue weighted by atomic mass is 32.2. The Kier molecular flexibility index (Phi) is 6.31. The zero-order valence-corrected chi connectivity index (χ0v) is 18.6. The number of ether oxygens (including phenoxy) is 2. The van der Waals surface area contributed by atoms with Crippen LogP contribution >= 0.6 is 11.8 Å². The largest absolute Gasteiger partial charge is 0.497 e. The second-order valence-electron chi connectivity index (χ2n) is 7.10. The van der Waals surface area contributed by atoms with Crippen LogP contribution in [0.2, 0.25) is 0 Å². The summed E-state index contributed by atoms with van der Waals surface area (Å²) in [5, 5.41) is 10.5. The molecule has 1 aliphatic rings. The number of benzene rings is 2. The average molecular weight is 455 g/mol. The minimum absolute atomic E-state index is 0.0147. The van der Waals surface area contributed by atoms with Crippen LogP contribution < -0.4 is 19.7 Å². The van der Waals surface area contributed by atoms with Gasteiger partial charge in [-0.3, -0.25) is 14.9 Å². The van der Waals surface area contributed by atoms with Crippen molar-refractivity contribution < 1.29 is 23.5 Å². The van der Waals surface area contributed by atoms with Crippen molar-refractivity contribution in [1.29, 1.82) is 0 Å². The molecule has 32 heavy (non-hydrogen) atoms. The van der Waals surface area contributed by atoms with Crippen molar-refractivity contribution in [3.8, 4) is 11.5 Å². The van der Waals surface area contributed by atoms with Crippen molar-refractivity contribution >= 4 is 35.3 Å². The third-order valence-electron chi connectivity index (χ3n) is 5.13. The van der Waals surface area contributed by atoms with Gasteiger partial charge in [0, 0.05) is 35.2 Å². The molecule has 3 aromatic rings. The first-order valence-corrected chi connectivity index (χ1v) is 11.1. The van der Waals surface area contributed by atoms with Crippen molar-refractivity contribution in [1.82, 2.24) is 10.2 Å². The molecule has 0 unspecified atom stereocenters. The first-order chi connectivity index (χ1) is 15.5. The lowest BCUT2D eigenvalue weighted by molar-refractivity contribution is -0.117. The number of hydrogen-bond donors (Lipinski definition) is 1. The molecule has 2 amide bonds. The molecule has 0 bridgehead atoms. The van der Waals surface area contributed by atoms with Gasteiger partial charge >= 0.3 is 6.01 Å². The van der Waals surface area contributed by atoms with Crippen LogP contribution in [0.3, 0.4) is 0 Å². The highest BCUT2D eigenvalue weighted by Crippen LogP contribution is 2.32. The van der Waals surface area contributed by atoms with Gasteiger partial charge in [-0.25, -0.2) is 0 Å². The summed E-state index contributed by atoms with van der Waals surface area (Å²) in [5.74, 6) is 0.555. The Hall–Kier alpha value is -3.53. The van der Waals surface area contributed by atoms with Crippen LogP contribution in [0, 0.1) is 0 Å². The van der Waals surface area contributed by atoms with Gasteiger partial charge in [-0.05, 0) is 42.7 Å². The molecule has 1 aliphatic heterocycles. The molecule has 1 aromatic heterocycles. The van der Waals surface area contributed by atoms with Crippen LogP contribution in [0.25, 0.3) is 0 Å². The minimum atomic E-state index is -0.449. The highest BCUT2D eigenvalue weighted by Gasteiger charge is 2.35. The maximum absolute atomic E-state index is 12.6. The van der Waals surface area contributed by atoms with Crippen LogP contribution in [-0.4, -0.2) is 49.0 Å². The smallest absolute Gasteiger partial charge is 0.322 e. The lowest BCUT2D eigenvalue weighted by atomic mass is 10.1. The second-order valence-corrected chi connectivity index (χ2v) is 7.98. The summed E-state index contributed by atoms with van der Waals surface area (Å²) in [6, 6.07) is 12.6. The Balaban J connectivity index is 1.45. The number of carbonyl (C=O) groups excluding carboxylic acids is 2. The van der Waals surface area contributed by atoms with E-state index in [-0.39, 0.29) is 24.3 Å². The van der Waals surface area contributed by atoms with E-state index in [9.17, 15) is 9.59 Å². The van der Waals surface area contributed by atoms with Crippen LogP contribution in [0.4, 0.5) is 11.7 Å². The predicted molar refractivity (Wildman–Crippen MR) is 120 cm³/mol. The van der Waals surface area contributed by atoms with Gasteiger partial charge < -0.3 is 18.8 Å². The molecule has 166 valence electrons. The number of amides is 2. The molecule has 0 saturated carbocycles. The molecule has 0 spiro atoms. The molecule has 1 fully saturated rings. The van der Waals surface area contributed by atoms with Gasteiger partial charge in [0.1, 0.15) is 11.5 Å². The highest BCUT2D eigenvalue weighted by molar-refractivity contribution is 7.98. The summed E-state index contributed by atoms with van der Waals surface area (Å²) >= 11 is 1.64. The van der Waals surface area contributed by atoms with Crippen molar-refractivity contribution in [3.63, 3.8) is 0 Å². The third-order valence-corrected chi connectivity index (χ3v) is 5.88. The van der Waals surface area contributed by atoms with Gasteiger partial charge in [0.05, 0.1) is 20.1 Å². The number of thioether (sulfide) groups is 1. The monoisotopic (exact) mass is 454 g/mol. The fourth-order valence-electron chi connectivity index (χ4n) is 3.44. The van der Waals surface area contributed by atoms with E-state index in [0.717, 1.165) is 10.6 Å². The number of carbonyl (C=O) groups is 2. The lowest BCUT2D eigenvalue weighted by Crippen LogP contribution is -2.24. The maximum atomic E-state index is 12.6. The molecule has 2 aromatic carbocycles. The topological polar surface area (TPSA) is 107 Å². The number of hydrogen-bond acceptors (Lipinski definition) is 8. The molecule has 1 saturated heterocycles. The molecule has 9 nitrogen and oxygen atoms in total. The fourth-order valence-corrected chi connectivity index (χ4v) is 3.85. The van der Waals surface area contributed by atoms with Crippen molar-refractivity contribution in [2.24, 2.45) is 0 Å². The van der Waals surface area contributed by atoms with Crippen LogP contribution in [-0.2, 0) is 4.79 Å². The quantitative estimate of drug-likeness (QED) is 0.540. The molecule has 1 atom stereocenters. The number of anilines is 2. The van der Waals surface area contributed by atoms with E-state index in [1.165, 1.54) is 14.2 Å². The van der Waals surface area contributed by atoms with E-state index < -0.39 is 5.91 Å². The van der Waals surface area contributed by atoms with Crippen molar-refractivity contribution in [3.05, 3.63) is 53.9 Å². The molecular weight excluding hydrogens is 432 g/mol. The van der Waals surface area contributed by atoms with Gasteiger partial charge in [-0.2, -0.15) is 0 Å². The Morgan fingerprint density at radius 1 is 1.12 bits per heavy atom. The summed E-state index contributed by atoms with van der Waals surface area (Å²) in [7, 11) is 3.01. The van der Waals surface area contributed by atoms with Gasteiger partial charge in [0.2, 0.25) is 11.8 Å². The van der Waals surface area contributed by atoms with Crippen LogP contribution in [0.5, 0.6) is 11.5 Å². The zero-order valence-electron chi connectivity index (χ0n) is 17.8. The van der Waals surface area contributed by atoms with E-state index in [4.69, 9.17) is 13.9 Å². The predicted octanol–water partition coefficient (Wildman–Crippen LogP) is 3.58. The second kappa shape index (κ2) is 9.31. The summed E-state index contributed by atoms with van der Waals surface area (Å²) in [5.41, 5.74) is 1.15. The molecule has 0 aliphatic carbocycles. The molecule has 4 rings (SSSR count). The van der Waals surface area contributed by atoms with E-state index in [1.807, 2.05) is 30.5 Å². The molecule has 2 heterocycles. The first kappa shape index (κ1) is 21.7. The van der Waals surface area contributed by atoms with Gasteiger partial charge in [0.15, 0.2) is 0 Å². The van der Waals surface area contributed by atoms with Crippen LogP contribution in [0.1, 0.15) is 28.6 Å². The Labute approximate surface area is 189 Å². The maximum Gasteiger partial charge on any atom is 0.322 e. The Bertz CT molecular complexity index is 1110. The summed E-state index contributed by atoms with van der Waals surface area (Å²) in [6.07, 6.45) is 2.26. The molecule has 0 radical (unpaired) electrons. The van der Waals surface area contributed by atoms with Crippen molar-refractivity contribution in [2.45, 2.75) is 17.2 Å². The fraction of sp³-hybridized carbons (Fsp3) is 0.273. The number of methoxy groups -OCH3 is 2. The van der Waals surface area contributed by atoms with Gasteiger partial charge in [-0.15, -0.1) is 16.9 Å². The minimum Gasteiger partial charge on any atom is -0.497 e. The van der Waals surface area contributed by atoms with Gasteiger partial charge in [0.25, 0.3) is 5.91 Å². The Morgan fingerprint density at radius 3 is 2.44 bits per heavy atom. The molecule has 1 N–H and O–H groups in total. The summed E-state index contributed by atoms with van der Waals surface area (Å²) < 4.78 is 16.0. The van der Waals surface area contributed by atoms with E-state index in [0.29, 0.717) is 29.5 Å². The summed E-state index contributed by atoms with van der Waals surface area (Å²) in [6.45, 7) is 0.431. The number of rotatable bonds is 7. The zero-order chi connectivity index (χ0) is 22.7.